The van der Waals surface area contributed by atoms with E-state index in [2.05, 4.69) is 5.32 Å². The Labute approximate surface area is 225 Å². The molecule has 1 amide bonds. The Balaban J connectivity index is 1.59. The largest absolute Gasteiger partial charge is 0.455 e. The number of para-hydroxylation sites is 3. The normalized spacial score (nSPS) is 11.4. The molecule has 1 N–H and O–H groups in total. The maximum atomic E-state index is 13.9. The van der Waals surface area contributed by atoms with Crippen molar-refractivity contribution in [1.29, 1.82) is 0 Å². The third-order valence-corrected chi connectivity index (χ3v) is 8.30. The molecule has 4 aromatic rings. The Bertz CT molecular complexity index is 1480. The molecule has 0 atom stereocenters. The quantitative estimate of drug-likeness (QED) is 0.263. The molecule has 4 rings (SSSR count). The molecule has 38 heavy (non-hydrogen) atoms. The second kappa shape index (κ2) is 12.1. The summed E-state index contributed by atoms with van der Waals surface area (Å²) in [7, 11) is -3.95. The number of hydrogen-bond acceptors (Lipinski definition) is 4. The number of ether oxygens (including phenoxy) is 1. The summed E-state index contributed by atoms with van der Waals surface area (Å²) in [6.07, 6.45) is 0.477. The maximum Gasteiger partial charge on any atom is 0.244 e. The van der Waals surface area contributed by atoms with Crippen LogP contribution < -0.4 is 10.1 Å². The molecule has 0 fully saturated rings. The number of carbonyl (C=O) groups excluding carboxylic acids is 1. The van der Waals surface area contributed by atoms with Crippen molar-refractivity contribution in [2.24, 2.45) is 0 Å². The summed E-state index contributed by atoms with van der Waals surface area (Å²) < 4.78 is 35.1. The first kappa shape index (κ1) is 27.1. The lowest BCUT2D eigenvalue weighted by atomic mass is 10.1. The van der Waals surface area contributed by atoms with Gasteiger partial charge >= 0.3 is 0 Å². The van der Waals surface area contributed by atoms with Crippen LogP contribution >= 0.6 is 0 Å². The van der Waals surface area contributed by atoms with Crippen molar-refractivity contribution in [2.45, 2.75) is 32.1 Å². The second-order valence-electron chi connectivity index (χ2n) is 9.26. The summed E-state index contributed by atoms with van der Waals surface area (Å²) in [5, 5.41) is 2.85. The van der Waals surface area contributed by atoms with E-state index in [4.69, 9.17) is 4.74 Å². The fourth-order valence-corrected chi connectivity index (χ4v) is 6.32. The Kier molecular flexibility index (Phi) is 8.61. The molecule has 0 aromatic heterocycles. The van der Waals surface area contributed by atoms with Crippen LogP contribution in [0.5, 0.6) is 11.5 Å². The maximum absolute atomic E-state index is 13.9. The van der Waals surface area contributed by atoms with Crippen LogP contribution in [0.3, 0.4) is 0 Å². The van der Waals surface area contributed by atoms with Crippen molar-refractivity contribution in [3.8, 4) is 11.5 Å². The summed E-state index contributed by atoms with van der Waals surface area (Å²) >= 11 is 0. The van der Waals surface area contributed by atoms with Crippen LogP contribution in [-0.4, -0.2) is 31.7 Å². The van der Waals surface area contributed by atoms with Gasteiger partial charge in [0.05, 0.1) is 17.1 Å². The zero-order valence-electron chi connectivity index (χ0n) is 21.8. The third kappa shape index (κ3) is 6.68. The highest BCUT2D eigenvalue weighted by Crippen LogP contribution is 2.30. The van der Waals surface area contributed by atoms with Crippen molar-refractivity contribution in [3.05, 3.63) is 119 Å². The summed E-state index contributed by atoms with van der Waals surface area (Å²) in [6.45, 7) is 5.35. The fourth-order valence-electron chi connectivity index (χ4n) is 4.51. The molecule has 0 heterocycles. The van der Waals surface area contributed by atoms with Gasteiger partial charge in [0.25, 0.3) is 0 Å². The minimum atomic E-state index is -3.95. The Hall–Kier alpha value is -3.94. The number of nitrogens with zero attached hydrogens (tertiary/aromatic N) is 1. The van der Waals surface area contributed by atoms with E-state index >= 15 is 0 Å². The van der Waals surface area contributed by atoms with Crippen molar-refractivity contribution < 1.29 is 17.9 Å². The average Bonchev–Trinajstić information content (AvgIpc) is 2.88. The highest BCUT2D eigenvalue weighted by atomic mass is 32.2. The molecular formula is C31H32N2O4S. The van der Waals surface area contributed by atoms with Gasteiger partial charge < -0.3 is 10.1 Å². The molecule has 0 saturated heterocycles. The van der Waals surface area contributed by atoms with Crippen molar-refractivity contribution in [1.82, 2.24) is 4.31 Å². The Morgan fingerprint density at radius 1 is 0.816 bits per heavy atom. The van der Waals surface area contributed by atoms with Gasteiger partial charge in [0.15, 0.2) is 5.75 Å². The van der Waals surface area contributed by atoms with Crippen LogP contribution in [0.4, 0.5) is 5.69 Å². The summed E-state index contributed by atoms with van der Waals surface area (Å²) in [6, 6.07) is 29.7. The van der Waals surface area contributed by atoms with E-state index in [1.807, 2.05) is 85.8 Å². The predicted molar refractivity (Wildman–Crippen MR) is 151 cm³/mol. The van der Waals surface area contributed by atoms with Crippen LogP contribution in [0.15, 0.2) is 102 Å². The number of benzene rings is 4. The van der Waals surface area contributed by atoms with Gasteiger partial charge in [0, 0.05) is 6.54 Å². The zero-order chi connectivity index (χ0) is 27.1. The predicted octanol–water partition coefficient (Wildman–Crippen LogP) is 6.28. The monoisotopic (exact) mass is 528 g/mol. The second-order valence-corrected chi connectivity index (χ2v) is 11.1. The first-order valence-corrected chi connectivity index (χ1v) is 13.9. The van der Waals surface area contributed by atoms with E-state index in [9.17, 15) is 13.2 Å². The van der Waals surface area contributed by atoms with Crippen molar-refractivity contribution in [2.75, 3.05) is 18.4 Å². The molecule has 0 spiro atoms. The molecule has 0 unspecified atom stereocenters. The lowest BCUT2D eigenvalue weighted by Crippen LogP contribution is -2.40. The average molecular weight is 529 g/mol. The number of carbonyl (C=O) groups is 1. The summed E-state index contributed by atoms with van der Waals surface area (Å²) in [4.78, 5) is 13.5. The molecule has 0 aliphatic carbocycles. The van der Waals surface area contributed by atoms with Crippen LogP contribution in [0, 0.1) is 20.8 Å². The lowest BCUT2D eigenvalue weighted by molar-refractivity contribution is -0.116. The minimum absolute atomic E-state index is 0.161. The molecular weight excluding hydrogens is 496 g/mol. The molecule has 0 aliphatic heterocycles. The van der Waals surface area contributed by atoms with E-state index < -0.39 is 15.9 Å². The van der Waals surface area contributed by atoms with Gasteiger partial charge in [-0.2, -0.15) is 4.31 Å². The fraction of sp³-hybridized carbons (Fsp3) is 0.194. The summed E-state index contributed by atoms with van der Waals surface area (Å²) in [5.74, 6) is 0.649. The molecule has 0 bridgehead atoms. The van der Waals surface area contributed by atoms with Gasteiger partial charge in [0.1, 0.15) is 5.75 Å². The van der Waals surface area contributed by atoms with Gasteiger partial charge in [-0.15, -0.1) is 0 Å². The molecule has 196 valence electrons. The lowest BCUT2D eigenvalue weighted by Gasteiger charge is -2.24. The Morgan fingerprint density at radius 2 is 1.39 bits per heavy atom. The highest BCUT2D eigenvalue weighted by molar-refractivity contribution is 7.89. The van der Waals surface area contributed by atoms with E-state index in [0.717, 1.165) is 11.1 Å². The van der Waals surface area contributed by atoms with Gasteiger partial charge in [0.2, 0.25) is 15.9 Å². The van der Waals surface area contributed by atoms with E-state index in [-0.39, 0.29) is 18.0 Å². The zero-order valence-corrected chi connectivity index (χ0v) is 22.7. The molecule has 0 aliphatic rings. The Morgan fingerprint density at radius 3 is 2.05 bits per heavy atom. The molecule has 0 saturated carbocycles. The third-order valence-electron chi connectivity index (χ3n) is 6.15. The first-order chi connectivity index (χ1) is 18.2. The molecule has 4 aromatic carbocycles. The van der Waals surface area contributed by atoms with Gasteiger partial charge in [-0.05, 0) is 68.1 Å². The van der Waals surface area contributed by atoms with Gasteiger partial charge in [-0.25, -0.2) is 8.42 Å². The number of amides is 1. The number of rotatable bonds is 10. The topological polar surface area (TPSA) is 75.7 Å². The van der Waals surface area contributed by atoms with E-state index in [1.54, 1.807) is 32.0 Å². The number of nitrogens with one attached hydrogen (secondary N) is 1. The van der Waals surface area contributed by atoms with Crippen LogP contribution in [0.2, 0.25) is 0 Å². The van der Waals surface area contributed by atoms with Crippen LogP contribution in [0.25, 0.3) is 0 Å². The van der Waals surface area contributed by atoms with E-state index in [0.29, 0.717) is 34.7 Å². The molecule has 6 nitrogen and oxygen atoms in total. The standard InChI is InChI=1S/C31H32N2O4S/c1-23-20-24(2)31(25(3)21-23)38(35,36)33(19-18-26-12-6-4-7-13-26)22-30(34)32-28-16-10-11-17-29(28)37-27-14-8-5-9-15-27/h4-17,20-21H,18-19,22H2,1-3H3,(H,32,34). The smallest absolute Gasteiger partial charge is 0.244 e. The minimum Gasteiger partial charge on any atom is -0.455 e. The number of hydrogen-bond donors (Lipinski definition) is 1. The van der Waals surface area contributed by atoms with Gasteiger partial charge in [-0.1, -0.05) is 78.4 Å². The highest BCUT2D eigenvalue weighted by Gasteiger charge is 2.30. The van der Waals surface area contributed by atoms with Gasteiger partial charge in [-0.3, -0.25) is 4.79 Å². The van der Waals surface area contributed by atoms with Crippen molar-refractivity contribution in [3.63, 3.8) is 0 Å². The van der Waals surface area contributed by atoms with Crippen LogP contribution in [0.1, 0.15) is 22.3 Å². The van der Waals surface area contributed by atoms with E-state index in [1.165, 1.54) is 4.31 Å². The number of aryl methyl sites for hydroxylation is 3. The number of sulfonamides is 1. The molecule has 0 radical (unpaired) electrons. The first-order valence-electron chi connectivity index (χ1n) is 12.5. The van der Waals surface area contributed by atoms with Crippen molar-refractivity contribution >= 4 is 21.6 Å². The molecule has 7 heteroatoms. The summed E-state index contributed by atoms with van der Waals surface area (Å²) in [5.41, 5.74) is 3.77. The SMILES string of the molecule is Cc1cc(C)c(S(=O)(=O)N(CCc2ccccc2)CC(=O)Nc2ccccc2Oc2ccccc2)c(C)c1. The number of anilines is 1. The van der Waals surface area contributed by atoms with Crippen LogP contribution in [-0.2, 0) is 21.2 Å².